The Morgan fingerprint density at radius 3 is 2.22 bits per heavy atom. The van der Waals surface area contributed by atoms with Crippen LogP contribution >= 0.6 is 15.9 Å². The van der Waals surface area contributed by atoms with Crippen LogP contribution in [0.3, 0.4) is 0 Å². The average Bonchev–Trinajstić information content (AvgIpc) is 2.39. The normalized spacial score (nSPS) is 14.2. The first-order chi connectivity index (χ1) is 8.55. The van der Waals surface area contributed by atoms with Gasteiger partial charge in [-0.05, 0) is 30.5 Å². The number of benzene rings is 2. The molecule has 1 nitrogen and oxygen atoms in total. The summed E-state index contributed by atoms with van der Waals surface area (Å²) in [6, 6.07) is 15.9. The Balaban J connectivity index is 2.44. The third kappa shape index (κ3) is 2.50. The van der Waals surface area contributed by atoms with Crippen LogP contribution in [0, 0.1) is 0 Å². The number of hydrogen-bond donors (Lipinski definition) is 1. The third-order valence-electron chi connectivity index (χ3n) is 3.32. The molecule has 0 radical (unpaired) electrons. The lowest BCUT2D eigenvalue weighted by Crippen LogP contribution is -2.23. The molecule has 0 aliphatic carbocycles. The second-order valence-corrected chi connectivity index (χ2v) is 5.46. The summed E-state index contributed by atoms with van der Waals surface area (Å²) in [5.41, 5.74) is 2.09. The molecule has 18 heavy (non-hydrogen) atoms. The van der Waals surface area contributed by atoms with Gasteiger partial charge in [-0.1, -0.05) is 65.3 Å². The number of rotatable bonds is 3. The highest BCUT2D eigenvalue weighted by Crippen LogP contribution is 2.33. The molecular weight excluding hydrogens is 288 g/mol. The van der Waals surface area contributed by atoms with Gasteiger partial charge in [0.1, 0.15) is 5.60 Å². The van der Waals surface area contributed by atoms with Crippen LogP contribution in [0.25, 0.3) is 0 Å². The Kier molecular flexibility index (Phi) is 3.88. The molecule has 1 unspecified atom stereocenters. The minimum Gasteiger partial charge on any atom is -0.381 e. The van der Waals surface area contributed by atoms with Crippen molar-refractivity contribution in [3.05, 3.63) is 69.7 Å². The molecule has 0 aromatic heterocycles. The zero-order valence-corrected chi connectivity index (χ0v) is 12.2. The molecule has 0 bridgehead atoms. The van der Waals surface area contributed by atoms with Crippen molar-refractivity contribution < 1.29 is 5.11 Å². The van der Waals surface area contributed by atoms with E-state index < -0.39 is 5.60 Å². The van der Waals surface area contributed by atoms with Crippen molar-refractivity contribution in [2.24, 2.45) is 0 Å². The van der Waals surface area contributed by atoms with Gasteiger partial charge in [-0.3, -0.25) is 0 Å². The van der Waals surface area contributed by atoms with Crippen molar-refractivity contribution in [1.29, 1.82) is 0 Å². The standard InChI is InChI=1S/C16H17BrO/c1-3-12-8-10-13(11-9-12)16(2,18)14-6-4-5-7-15(14)17/h4-11,18H,3H2,1-2H3. The van der Waals surface area contributed by atoms with Gasteiger partial charge < -0.3 is 5.11 Å². The Morgan fingerprint density at radius 2 is 1.67 bits per heavy atom. The number of aryl methyl sites for hydroxylation is 1. The van der Waals surface area contributed by atoms with E-state index in [1.807, 2.05) is 43.3 Å². The van der Waals surface area contributed by atoms with E-state index >= 15 is 0 Å². The highest BCUT2D eigenvalue weighted by Gasteiger charge is 2.27. The highest BCUT2D eigenvalue weighted by atomic mass is 79.9. The summed E-state index contributed by atoms with van der Waals surface area (Å²) in [5, 5.41) is 10.8. The SMILES string of the molecule is CCc1ccc(C(C)(O)c2ccccc2Br)cc1. The predicted molar refractivity (Wildman–Crippen MR) is 78.6 cm³/mol. The minimum absolute atomic E-state index is 0.884. The topological polar surface area (TPSA) is 20.2 Å². The lowest BCUT2D eigenvalue weighted by atomic mass is 9.88. The van der Waals surface area contributed by atoms with E-state index in [9.17, 15) is 5.11 Å². The van der Waals surface area contributed by atoms with Gasteiger partial charge in [0.2, 0.25) is 0 Å². The maximum Gasteiger partial charge on any atom is 0.113 e. The van der Waals surface area contributed by atoms with Crippen LogP contribution in [0.4, 0.5) is 0 Å². The Bertz CT molecular complexity index is 529. The Labute approximate surface area is 117 Å². The second-order valence-electron chi connectivity index (χ2n) is 4.60. The van der Waals surface area contributed by atoms with Crippen LogP contribution in [-0.2, 0) is 12.0 Å². The molecule has 2 aromatic rings. The molecule has 0 spiro atoms. The fourth-order valence-corrected chi connectivity index (χ4v) is 2.75. The second kappa shape index (κ2) is 5.25. The molecule has 2 heteroatoms. The quantitative estimate of drug-likeness (QED) is 0.898. The maximum absolute atomic E-state index is 10.8. The smallest absolute Gasteiger partial charge is 0.113 e. The molecule has 1 atom stereocenters. The molecule has 0 amide bonds. The van der Waals surface area contributed by atoms with Crippen LogP contribution in [0.5, 0.6) is 0 Å². The summed E-state index contributed by atoms with van der Waals surface area (Å²) in [7, 11) is 0. The van der Waals surface area contributed by atoms with Crippen LogP contribution in [0.1, 0.15) is 30.5 Å². The van der Waals surface area contributed by atoms with Gasteiger partial charge in [-0.2, -0.15) is 0 Å². The molecule has 0 fully saturated rings. The summed E-state index contributed by atoms with van der Waals surface area (Å²) in [6.45, 7) is 3.95. The maximum atomic E-state index is 10.8. The number of halogens is 1. The molecule has 0 saturated carbocycles. The summed E-state index contributed by atoms with van der Waals surface area (Å²) in [5.74, 6) is 0. The van der Waals surface area contributed by atoms with E-state index in [-0.39, 0.29) is 0 Å². The van der Waals surface area contributed by atoms with Crippen molar-refractivity contribution in [1.82, 2.24) is 0 Å². The Hall–Kier alpha value is -1.12. The van der Waals surface area contributed by atoms with Crippen molar-refractivity contribution in [3.63, 3.8) is 0 Å². The first kappa shape index (κ1) is 13.3. The molecule has 2 rings (SSSR count). The van der Waals surface area contributed by atoms with E-state index in [1.54, 1.807) is 0 Å². The zero-order valence-electron chi connectivity index (χ0n) is 10.7. The fraction of sp³-hybridized carbons (Fsp3) is 0.250. The van der Waals surface area contributed by atoms with Crippen LogP contribution in [0.2, 0.25) is 0 Å². The Morgan fingerprint density at radius 1 is 1.06 bits per heavy atom. The summed E-state index contributed by atoms with van der Waals surface area (Å²) in [6.07, 6.45) is 1.01. The van der Waals surface area contributed by atoms with E-state index in [0.29, 0.717) is 0 Å². The summed E-state index contributed by atoms with van der Waals surface area (Å²) in [4.78, 5) is 0. The van der Waals surface area contributed by atoms with E-state index in [2.05, 4.69) is 35.0 Å². The van der Waals surface area contributed by atoms with Gasteiger partial charge >= 0.3 is 0 Å². The van der Waals surface area contributed by atoms with E-state index in [4.69, 9.17) is 0 Å². The minimum atomic E-state index is -0.980. The van der Waals surface area contributed by atoms with Crippen LogP contribution in [-0.4, -0.2) is 5.11 Å². The number of aliphatic hydroxyl groups is 1. The molecule has 94 valence electrons. The van der Waals surface area contributed by atoms with Gasteiger partial charge in [0, 0.05) is 10.0 Å². The van der Waals surface area contributed by atoms with Crippen molar-refractivity contribution in [3.8, 4) is 0 Å². The van der Waals surface area contributed by atoms with Crippen LogP contribution in [0.15, 0.2) is 53.0 Å². The number of hydrogen-bond acceptors (Lipinski definition) is 1. The first-order valence-electron chi connectivity index (χ1n) is 6.12. The molecule has 0 aliphatic rings. The fourth-order valence-electron chi connectivity index (χ4n) is 2.08. The van der Waals surface area contributed by atoms with Gasteiger partial charge in [0.25, 0.3) is 0 Å². The van der Waals surface area contributed by atoms with Gasteiger partial charge in [0.15, 0.2) is 0 Å². The lowest BCUT2D eigenvalue weighted by Gasteiger charge is -2.26. The van der Waals surface area contributed by atoms with E-state index in [0.717, 1.165) is 22.0 Å². The molecule has 0 heterocycles. The summed E-state index contributed by atoms with van der Waals surface area (Å²) < 4.78 is 0.926. The molecular formula is C16H17BrO. The summed E-state index contributed by atoms with van der Waals surface area (Å²) >= 11 is 3.50. The zero-order chi connectivity index (χ0) is 13.2. The predicted octanol–water partition coefficient (Wildman–Crippen LogP) is 4.27. The molecule has 1 N–H and O–H groups in total. The lowest BCUT2D eigenvalue weighted by molar-refractivity contribution is 0.101. The van der Waals surface area contributed by atoms with Crippen molar-refractivity contribution in [2.45, 2.75) is 25.9 Å². The van der Waals surface area contributed by atoms with Gasteiger partial charge in [-0.15, -0.1) is 0 Å². The van der Waals surface area contributed by atoms with Gasteiger partial charge in [0.05, 0.1) is 0 Å². The van der Waals surface area contributed by atoms with E-state index in [1.165, 1.54) is 5.56 Å². The largest absolute Gasteiger partial charge is 0.381 e. The molecule has 0 saturated heterocycles. The molecule has 0 aliphatic heterocycles. The highest BCUT2D eigenvalue weighted by molar-refractivity contribution is 9.10. The van der Waals surface area contributed by atoms with Crippen molar-refractivity contribution >= 4 is 15.9 Å². The average molecular weight is 305 g/mol. The molecule has 2 aromatic carbocycles. The first-order valence-corrected chi connectivity index (χ1v) is 6.91. The van der Waals surface area contributed by atoms with Crippen molar-refractivity contribution in [2.75, 3.05) is 0 Å². The monoisotopic (exact) mass is 304 g/mol. The van der Waals surface area contributed by atoms with Gasteiger partial charge in [-0.25, -0.2) is 0 Å². The van der Waals surface area contributed by atoms with Crippen LogP contribution < -0.4 is 0 Å². The third-order valence-corrected chi connectivity index (χ3v) is 4.01.